The average Bonchev–Trinajstić information content (AvgIpc) is 2.32. The molecule has 1 aromatic rings. The molecule has 0 aliphatic heterocycles. The maximum absolute atomic E-state index is 11.3. The second kappa shape index (κ2) is 6.62. The van der Waals surface area contributed by atoms with Crippen molar-refractivity contribution in [2.24, 2.45) is 11.3 Å². The van der Waals surface area contributed by atoms with Crippen LogP contribution in [0.25, 0.3) is 0 Å². The van der Waals surface area contributed by atoms with Gasteiger partial charge < -0.3 is 4.74 Å². The number of para-hydroxylation sites is 2. The first-order valence-electron chi connectivity index (χ1n) is 6.29. The number of halogens is 1. The molecule has 0 aromatic heterocycles. The molecule has 1 unspecified atom stereocenters. The Morgan fingerprint density at radius 3 is 2.38 bits per heavy atom. The summed E-state index contributed by atoms with van der Waals surface area (Å²) < 4.78 is 28.0. The third-order valence-corrected chi connectivity index (χ3v) is 4.31. The zero-order valence-electron chi connectivity index (χ0n) is 12.1. The molecule has 0 radical (unpaired) electrons. The van der Waals surface area contributed by atoms with Crippen LogP contribution in [-0.4, -0.2) is 25.7 Å². The smallest absolute Gasteiger partial charge is 0.310 e. The van der Waals surface area contributed by atoms with Gasteiger partial charge in [-0.15, -0.1) is 0 Å². The van der Waals surface area contributed by atoms with E-state index in [9.17, 15) is 18.5 Å². The fourth-order valence-corrected chi connectivity index (χ4v) is 3.24. The SMILES string of the molecule is CC(C)(C)C(COc1ccccc1[N+](=O)[O-])CS(=O)(=O)Cl. The number of benzene rings is 1. The van der Waals surface area contributed by atoms with Crippen molar-refractivity contribution < 1.29 is 18.1 Å². The molecule has 0 amide bonds. The largest absolute Gasteiger partial charge is 0.486 e. The number of rotatable bonds is 6. The molecule has 0 aliphatic carbocycles. The van der Waals surface area contributed by atoms with Crippen LogP contribution in [0.5, 0.6) is 5.75 Å². The van der Waals surface area contributed by atoms with E-state index in [0.29, 0.717) is 0 Å². The van der Waals surface area contributed by atoms with E-state index in [2.05, 4.69) is 0 Å². The van der Waals surface area contributed by atoms with Crippen LogP contribution in [0.1, 0.15) is 20.8 Å². The van der Waals surface area contributed by atoms with Gasteiger partial charge in [0.25, 0.3) is 0 Å². The molecule has 6 nitrogen and oxygen atoms in total. The monoisotopic (exact) mass is 335 g/mol. The van der Waals surface area contributed by atoms with Crippen molar-refractivity contribution in [3.05, 3.63) is 34.4 Å². The molecule has 118 valence electrons. The van der Waals surface area contributed by atoms with E-state index >= 15 is 0 Å². The van der Waals surface area contributed by atoms with Gasteiger partial charge in [-0.2, -0.15) is 0 Å². The average molecular weight is 336 g/mol. The normalized spacial score (nSPS) is 13.7. The fraction of sp³-hybridized carbons (Fsp3) is 0.538. The van der Waals surface area contributed by atoms with Gasteiger partial charge in [0.15, 0.2) is 5.75 Å². The van der Waals surface area contributed by atoms with Crippen LogP contribution in [0.4, 0.5) is 5.69 Å². The minimum Gasteiger partial charge on any atom is -0.486 e. The summed E-state index contributed by atoms with van der Waals surface area (Å²) in [5.41, 5.74) is -0.523. The summed E-state index contributed by atoms with van der Waals surface area (Å²) in [4.78, 5) is 10.4. The first kappa shape index (κ1) is 17.7. The molecule has 0 N–H and O–H groups in total. The summed E-state index contributed by atoms with van der Waals surface area (Å²) >= 11 is 0. The van der Waals surface area contributed by atoms with Crippen LogP contribution in [0, 0.1) is 21.4 Å². The van der Waals surface area contributed by atoms with Crippen LogP contribution in [0.2, 0.25) is 0 Å². The Morgan fingerprint density at radius 1 is 1.33 bits per heavy atom. The lowest BCUT2D eigenvalue weighted by Gasteiger charge is -2.29. The number of ether oxygens (including phenoxy) is 1. The standard InChI is InChI=1S/C13H18ClNO5S/c1-13(2,3)10(9-21(14,18)19)8-20-12-7-5-4-6-11(12)15(16)17/h4-7,10H,8-9H2,1-3H3. The molecule has 0 spiro atoms. The highest BCUT2D eigenvalue weighted by Crippen LogP contribution is 2.31. The van der Waals surface area contributed by atoms with Crippen molar-refractivity contribution in [3.63, 3.8) is 0 Å². The molecule has 0 bridgehead atoms. The molecule has 1 rings (SSSR count). The van der Waals surface area contributed by atoms with Crippen molar-refractivity contribution in [2.45, 2.75) is 20.8 Å². The molecule has 1 atom stereocenters. The summed E-state index contributed by atoms with van der Waals surface area (Å²) in [6, 6.07) is 5.97. The summed E-state index contributed by atoms with van der Waals surface area (Å²) in [5.74, 6) is -0.526. The van der Waals surface area contributed by atoms with Crippen molar-refractivity contribution >= 4 is 25.4 Å². The highest BCUT2D eigenvalue weighted by atomic mass is 35.7. The van der Waals surface area contributed by atoms with Crippen molar-refractivity contribution in [1.29, 1.82) is 0 Å². The molecule has 1 aromatic carbocycles. The number of nitro benzene ring substituents is 1. The number of nitrogens with zero attached hydrogens (tertiary/aromatic N) is 1. The molecule has 8 heteroatoms. The van der Waals surface area contributed by atoms with Gasteiger partial charge in [-0.25, -0.2) is 8.42 Å². The maximum Gasteiger partial charge on any atom is 0.310 e. The predicted molar refractivity (Wildman–Crippen MR) is 81.2 cm³/mol. The Hall–Kier alpha value is -1.34. The Balaban J connectivity index is 2.90. The summed E-state index contributed by atoms with van der Waals surface area (Å²) in [7, 11) is 1.63. The number of hydrogen-bond acceptors (Lipinski definition) is 5. The molecule has 0 saturated heterocycles. The Bertz CT molecular complexity index is 609. The lowest BCUT2D eigenvalue weighted by atomic mass is 9.82. The fourth-order valence-electron chi connectivity index (χ4n) is 1.71. The number of hydrogen-bond donors (Lipinski definition) is 0. The Morgan fingerprint density at radius 2 is 1.90 bits per heavy atom. The van der Waals surface area contributed by atoms with Gasteiger partial charge in [0.05, 0.1) is 17.3 Å². The molecule has 0 saturated carbocycles. The molecule has 0 fully saturated rings. The van der Waals surface area contributed by atoms with Crippen molar-refractivity contribution in [3.8, 4) is 5.75 Å². The van der Waals surface area contributed by atoms with Crippen LogP contribution >= 0.6 is 10.7 Å². The molecule has 0 heterocycles. The van der Waals surface area contributed by atoms with Gasteiger partial charge >= 0.3 is 5.69 Å². The van der Waals surface area contributed by atoms with E-state index in [0.717, 1.165) is 0 Å². The lowest BCUT2D eigenvalue weighted by Crippen LogP contribution is -2.31. The highest BCUT2D eigenvalue weighted by Gasteiger charge is 2.30. The number of nitro groups is 1. The zero-order valence-corrected chi connectivity index (χ0v) is 13.6. The zero-order chi connectivity index (χ0) is 16.3. The van der Waals surface area contributed by atoms with E-state index in [1.807, 2.05) is 20.8 Å². The van der Waals surface area contributed by atoms with E-state index in [-0.39, 0.29) is 35.1 Å². The van der Waals surface area contributed by atoms with Gasteiger partial charge in [0, 0.05) is 22.7 Å². The van der Waals surface area contributed by atoms with Crippen LogP contribution < -0.4 is 4.74 Å². The van der Waals surface area contributed by atoms with E-state index in [4.69, 9.17) is 15.4 Å². The van der Waals surface area contributed by atoms with Crippen molar-refractivity contribution in [2.75, 3.05) is 12.4 Å². The Labute approximate surface area is 128 Å². The van der Waals surface area contributed by atoms with Crippen molar-refractivity contribution in [1.82, 2.24) is 0 Å². The summed E-state index contributed by atoms with van der Waals surface area (Å²) in [5, 5.41) is 10.9. The van der Waals surface area contributed by atoms with Gasteiger partial charge in [0.1, 0.15) is 0 Å². The third kappa shape index (κ3) is 5.89. The molecule has 21 heavy (non-hydrogen) atoms. The topological polar surface area (TPSA) is 86.5 Å². The molecule has 0 aliphatic rings. The van der Waals surface area contributed by atoms with E-state index < -0.39 is 14.0 Å². The van der Waals surface area contributed by atoms with Gasteiger partial charge in [-0.3, -0.25) is 10.1 Å². The Kier molecular flexibility index (Phi) is 5.58. The molecular weight excluding hydrogens is 318 g/mol. The minimum atomic E-state index is -3.68. The first-order chi connectivity index (χ1) is 9.50. The van der Waals surface area contributed by atoms with Gasteiger partial charge in [-0.05, 0) is 11.5 Å². The molecular formula is C13H18ClNO5S. The van der Waals surface area contributed by atoms with Crippen LogP contribution in [0.3, 0.4) is 0 Å². The predicted octanol–water partition coefficient (Wildman–Crippen LogP) is 3.20. The highest BCUT2D eigenvalue weighted by molar-refractivity contribution is 8.13. The van der Waals surface area contributed by atoms with E-state index in [1.54, 1.807) is 6.07 Å². The lowest BCUT2D eigenvalue weighted by molar-refractivity contribution is -0.385. The van der Waals surface area contributed by atoms with Gasteiger partial charge in [0.2, 0.25) is 9.05 Å². The van der Waals surface area contributed by atoms with Gasteiger partial charge in [-0.1, -0.05) is 32.9 Å². The summed E-state index contributed by atoms with van der Waals surface area (Å²) in [6.07, 6.45) is 0. The maximum atomic E-state index is 11.3. The van der Waals surface area contributed by atoms with Crippen LogP contribution in [0.15, 0.2) is 24.3 Å². The second-order valence-corrected chi connectivity index (χ2v) is 8.63. The van der Waals surface area contributed by atoms with Crippen LogP contribution in [-0.2, 0) is 9.05 Å². The summed E-state index contributed by atoms with van der Waals surface area (Å²) in [6.45, 7) is 5.62. The van der Waals surface area contributed by atoms with E-state index in [1.165, 1.54) is 18.2 Å². The minimum absolute atomic E-state index is 0.0281. The third-order valence-electron chi connectivity index (χ3n) is 3.13. The second-order valence-electron chi connectivity index (χ2n) is 5.80. The quantitative estimate of drug-likeness (QED) is 0.452. The first-order valence-corrected chi connectivity index (χ1v) is 8.77.